The lowest BCUT2D eigenvalue weighted by atomic mass is 10.0. The van der Waals surface area contributed by atoms with Crippen molar-refractivity contribution in [2.75, 3.05) is 73.6 Å². The third-order valence-corrected chi connectivity index (χ3v) is 19.7. The number of aliphatic hydroxyl groups is 3. The van der Waals surface area contributed by atoms with Crippen molar-refractivity contribution in [1.82, 2.24) is 14.7 Å². The van der Waals surface area contributed by atoms with E-state index >= 15 is 0 Å². The summed E-state index contributed by atoms with van der Waals surface area (Å²) in [5.74, 6) is -3.18. The fourth-order valence-corrected chi connectivity index (χ4v) is 13.0. The third kappa shape index (κ3) is 65.4. The topological polar surface area (TPSA) is 228 Å². The van der Waals surface area contributed by atoms with Crippen LogP contribution < -0.4 is 0 Å². The van der Waals surface area contributed by atoms with Crippen molar-refractivity contribution in [3.8, 4) is 0 Å². The number of unbranched alkanes of at least 4 members (excludes halogenated alkanes) is 36. The van der Waals surface area contributed by atoms with Crippen LogP contribution in [0.1, 0.15) is 369 Å². The van der Waals surface area contributed by atoms with Crippen molar-refractivity contribution >= 4 is 35.8 Å². The molecule has 614 valence electrons. The highest BCUT2D eigenvalue weighted by atomic mass is 16.6. The molecule has 0 saturated heterocycles. The molecule has 0 heterocycles. The lowest BCUT2D eigenvalue weighted by molar-refractivity contribution is -0.165. The fraction of sp³-hybridized carbons (Fsp3) is 0.862. The number of carbonyl (C=O) groups excluding carboxylic acids is 6. The second-order valence-electron chi connectivity index (χ2n) is 30.3. The molecule has 105 heavy (non-hydrogen) atoms. The highest BCUT2D eigenvalue weighted by molar-refractivity contribution is 5.74. The second kappa shape index (κ2) is 73.9. The Morgan fingerprint density at radius 1 is 0.276 bits per heavy atom. The summed E-state index contributed by atoms with van der Waals surface area (Å²) in [6, 6.07) is 0. The summed E-state index contributed by atoms with van der Waals surface area (Å²) >= 11 is 0. The van der Waals surface area contributed by atoms with Gasteiger partial charge in [-0.05, 0) is 118 Å². The van der Waals surface area contributed by atoms with Crippen LogP contribution in [0.4, 0.5) is 0 Å². The SMILES string of the molecule is CCCCCCCCCCCCCN(C)CC(=O)OC(CCCCC)C(O)C/C=C/CC(=O)OCC(COC(=O)C/C=C/CC(O)C(CCCCC)OC(=O)CN(C)CCCCCCCCCCCCC)OC(=O)C/C=C/CC(O)C(CCCCC)OC(=O)CN(C)CCCCCCCCCCCCC. The predicted octanol–water partition coefficient (Wildman–Crippen LogP) is 19.3. The number of aliphatic hydroxyl groups excluding tert-OH is 3. The average Bonchev–Trinajstić information content (AvgIpc) is 0.944. The summed E-state index contributed by atoms with van der Waals surface area (Å²) in [6.07, 6.45) is 53.8. The minimum absolute atomic E-state index is 0.114. The molecule has 6 unspecified atom stereocenters. The van der Waals surface area contributed by atoms with E-state index in [1.165, 1.54) is 173 Å². The van der Waals surface area contributed by atoms with Gasteiger partial charge in [-0.15, -0.1) is 0 Å². The Kier molecular flexibility index (Phi) is 71.0. The first-order chi connectivity index (χ1) is 50.9. The molecule has 0 aromatic carbocycles. The van der Waals surface area contributed by atoms with Crippen molar-refractivity contribution in [3.63, 3.8) is 0 Å². The molecule has 0 radical (unpaired) electrons. The Morgan fingerprint density at radius 3 is 0.743 bits per heavy atom. The van der Waals surface area contributed by atoms with Crippen LogP contribution in [-0.2, 0) is 57.2 Å². The summed E-state index contributed by atoms with van der Waals surface area (Å²) in [5.41, 5.74) is 0. The molecule has 18 nitrogen and oxygen atoms in total. The molecule has 6 atom stereocenters. The molecule has 0 saturated carbocycles. The maximum atomic E-state index is 13.4. The molecule has 0 aliphatic carbocycles. The van der Waals surface area contributed by atoms with Crippen molar-refractivity contribution in [2.24, 2.45) is 0 Å². The molecule has 0 aliphatic rings. The van der Waals surface area contributed by atoms with Gasteiger partial charge in [0.25, 0.3) is 0 Å². The monoisotopic (exact) mass is 1490 g/mol. The van der Waals surface area contributed by atoms with Gasteiger partial charge in [-0.2, -0.15) is 0 Å². The van der Waals surface area contributed by atoms with E-state index < -0.39 is 73.8 Å². The van der Waals surface area contributed by atoms with Crippen LogP contribution in [0.25, 0.3) is 0 Å². The Bertz CT molecular complexity index is 2050. The van der Waals surface area contributed by atoms with Gasteiger partial charge in [-0.3, -0.25) is 43.5 Å². The summed E-state index contributed by atoms with van der Waals surface area (Å²) < 4.78 is 34.5. The number of nitrogens with zero attached hydrogens (tertiary/aromatic N) is 3. The van der Waals surface area contributed by atoms with Gasteiger partial charge in [-0.1, -0.05) is 309 Å². The van der Waals surface area contributed by atoms with Crippen LogP contribution >= 0.6 is 0 Å². The summed E-state index contributed by atoms with van der Waals surface area (Å²) in [5, 5.41) is 33.9. The van der Waals surface area contributed by atoms with E-state index in [9.17, 15) is 44.1 Å². The van der Waals surface area contributed by atoms with E-state index in [2.05, 4.69) is 41.5 Å². The molecule has 0 aromatic heterocycles. The first-order valence-electron chi connectivity index (χ1n) is 43.1. The molecule has 0 rings (SSSR count). The second-order valence-corrected chi connectivity index (χ2v) is 30.3. The number of hydrogen-bond acceptors (Lipinski definition) is 18. The lowest BCUT2D eigenvalue weighted by Gasteiger charge is -2.24. The van der Waals surface area contributed by atoms with Crippen LogP contribution in [0.5, 0.6) is 0 Å². The summed E-state index contributed by atoms with van der Waals surface area (Å²) in [6.45, 7) is 14.9. The largest absolute Gasteiger partial charge is 0.461 e. The van der Waals surface area contributed by atoms with Crippen LogP contribution in [0.2, 0.25) is 0 Å². The molecule has 0 fully saturated rings. The number of hydrogen-bond donors (Lipinski definition) is 3. The molecule has 18 heteroatoms. The standard InChI is InChI=1S/C87H161N3O15/c1-10-16-22-25-28-31-34-37-40-43-55-67-88(7)70-85(97)103-79(61-46-19-13-4)76(91)58-49-52-64-82(94)100-73-75(102-84(96)66-54-51-60-78(93)81(63-48-21-15-6)105-87(99)72-90(9)69-57-45-42-39-36-33-30-27-24-18-12-3)74-101-83(95)65-53-50-59-77(92)80(62-47-20-14-5)104-86(98)71-89(8)68-56-44-41-38-35-32-29-26-23-17-11-2/h49-54,75-81,91-93H,10-48,55-74H2,1-9H3/b52-49+,53-50+,54-51+. The zero-order valence-corrected chi connectivity index (χ0v) is 68.8. The van der Waals surface area contributed by atoms with Gasteiger partial charge in [0.15, 0.2) is 6.10 Å². The summed E-state index contributed by atoms with van der Waals surface area (Å²) in [7, 11) is 5.75. The molecule has 3 N–H and O–H groups in total. The van der Waals surface area contributed by atoms with Gasteiger partial charge < -0.3 is 43.7 Å². The van der Waals surface area contributed by atoms with Crippen LogP contribution in [-0.4, -0.2) is 182 Å². The highest BCUT2D eigenvalue weighted by Crippen LogP contribution is 2.21. The van der Waals surface area contributed by atoms with Gasteiger partial charge in [-0.25, -0.2) is 0 Å². The van der Waals surface area contributed by atoms with Crippen molar-refractivity contribution < 1.29 is 72.5 Å². The van der Waals surface area contributed by atoms with Crippen LogP contribution in [0.15, 0.2) is 36.5 Å². The van der Waals surface area contributed by atoms with Gasteiger partial charge in [0.05, 0.1) is 57.2 Å². The minimum Gasteiger partial charge on any atom is -0.461 e. The zero-order chi connectivity index (χ0) is 77.4. The van der Waals surface area contributed by atoms with Crippen molar-refractivity contribution in [1.29, 1.82) is 0 Å². The average molecular weight is 1490 g/mol. The van der Waals surface area contributed by atoms with E-state index in [1.54, 1.807) is 36.5 Å². The van der Waals surface area contributed by atoms with E-state index in [0.29, 0.717) is 19.3 Å². The maximum absolute atomic E-state index is 13.4. The predicted molar refractivity (Wildman–Crippen MR) is 429 cm³/mol. The minimum atomic E-state index is -1.19. The first kappa shape index (κ1) is 101. The number of likely N-dealkylation sites (N-methyl/N-ethyl adjacent to an activating group) is 3. The number of carbonyl (C=O) groups is 6. The highest BCUT2D eigenvalue weighted by Gasteiger charge is 2.27. The number of esters is 6. The zero-order valence-electron chi connectivity index (χ0n) is 68.8. The van der Waals surface area contributed by atoms with Gasteiger partial charge in [0.2, 0.25) is 0 Å². The van der Waals surface area contributed by atoms with Crippen LogP contribution in [0, 0.1) is 0 Å². The Morgan fingerprint density at radius 2 is 0.495 bits per heavy atom. The quantitative estimate of drug-likeness (QED) is 0.0222. The molecular formula is C87H161N3O15. The van der Waals surface area contributed by atoms with E-state index in [4.69, 9.17) is 28.4 Å². The van der Waals surface area contributed by atoms with Crippen molar-refractivity contribution in [3.05, 3.63) is 36.5 Å². The molecule has 0 aliphatic heterocycles. The Labute approximate surface area is 641 Å². The number of ether oxygens (including phenoxy) is 6. The van der Waals surface area contributed by atoms with Gasteiger partial charge >= 0.3 is 35.8 Å². The molecule has 0 spiro atoms. The smallest absolute Gasteiger partial charge is 0.320 e. The normalized spacial score (nSPS) is 14.0. The molecule has 0 aromatic rings. The van der Waals surface area contributed by atoms with E-state index in [0.717, 1.165) is 116 Å². The molecule has 0 bridgehead atoms. The van der Waals surface area contributed by atoms with Crippen molar-refractivity contribution in [2.45, 2.75) is 412 Å². The molecule has 0 amide bonds. The van der Waals surface area contributed by atoms with Gasteiger partial charge in [0, 0.05) is 0 Å². The van der Waals surface area contributed by atoms with Crippen LogP contribution in [0.3, 0.4) is 0 Å². The Hall–Kier alpha value is -4.20. The third-order valence-electron chi connectivity index (χ3n) is 19.7. The first-order valence-corrected chi connectivity index (χ1v) is 43.1. The lowest BCUT2D eigenvalue weighted by Crippen LogP contribution is -2.36. The summed E-state index contributed by atoms with van der Waals surface area (Å²) in [4.78, 5) is 85.2. The number of rotatable bonds is 77. The maximum Gasteiger partial charge on any atom is 0.320 e. The van der Waals surface area contributed by atoms with Gasteiger partial charge in [0.1, 0.15) is 31.5 Å². The fourth-order valence-electron chi connectivity index (χ4n) is 13.0. The van der Waals surface area contributed by atoms with E-state index in [1.807, 2.05) is 35.8 Å². The Balaban J connectivity index is 5.84. The molecular weight excluding hydrogens is 1330 g/mol. The van der Waals surface area contributed by atoms with E-state index in [-0.39, 0.29) is 76.1 Å².